The van der Waals surface area contributed by atoms with Crippen molar-refractivity contribution in [3.05, 3.63) is 59.8 Å². The van der Waals surface area contributed by atoms with Crippen LogP contribution in [0.5, 0.6) is 0 Å². The van der Waals surface area contributed by atoms with Crippen LogP contribution < -0.4 is 5.32 Å². The predicted molar refractivity (Wildman–Crippen MR) is 99.7 cm³/mol. The first-order chi connectivity index (χ1) is 13.1. The van der Waals surface area contributed by atoms with Gasteiger partial charge in [0.05, 0.1) is 25.5 Å². The summed E-state index contributed by atoms with van der Waals surface area (Å²) in [5.41, 5.74) is 0.385. The Hall–Kier alpha value is -2.22. The lowest BCUT2D eigenvalue weighted by Crippen LogP contribution is -2.47. The highest BCUT2D eigenvalue weighted by Crippen LogP contribution is 2.25. The lowest BCUT2D eigenvalue weighted by molar-refractivity contribution is -0.128. The van der Waals surface area contributed by atoms with Crippen LogP contribution in [-0.4, -0.2) is 62.7 Å². The molecule has 0 saturated carbocycles. The highest BCUT2D eigenvalue weighted by Gasteiger charge is 2.31. The van der Waals surface area contributed by atoms with Gasteiger partial charge in [-0.15, -0.1) is 0 Å². The molecule has 0 aliphatic carbocycles. The van der Waals surface area contributed by atoms with Gasteiger partial charge in [0.2, 0.25) is 5.91 Å². The minimum absolute atomic E-state index is 0.102. The van der Waals surface area contributed by atoms with E-state index in [1.54, 1.807) is 24.5 Å². The third-order valence-electron chi connectivity index (χ3n) is 4.82. The number of nitrogens with zero attached hydrogens (tertiary/aromatic N) is 2. The number of rotatable bonds is 7. The smallest absolute Gasteiger partial charge is 0.242 e. The molecule has 27 heavy (non-hydrogen) atoms. The zero-order valence-corrected chi connectivity index (χ0v) is 15.7. The molecule has 1 saturated heterocycles. The summed E-state index contributed by atoms with van der Waals surface area (Å²) in [5, 5.41) is 2.99. The number of likely N-dealkylation sites (N-methyl/N-ethyl adjacent to an activating group) is 1. The van der Waals surface area contributed by atoms with E-state index in [4.69, 9.17) is 9.15 Å². The Balaban J connectivity index is 1.77. The molecule has 0 bridgehead atoms. The predicted octanol–water partition coefficient (Wildman–Crippen LogP) is 2.21. The Kier molecular flexibility index (Phi) is 6.60. The molecule has 1 aliphatic rings. The molecule has 1 amide bonds. The van der Waals surface area contributed by atoms with Gasteiger partial charge in [-0.25, -0.2) is 4.39 Å². The van der Waals surface area contributed by atoms with E-state index in [1.807, 2.05) is 36.0 Å². The van der Waals surface area contributed by atoms with Crippen LogP contribution in [-0.2, 0) is 9.53 Å². The maximum Gasteiger partial charge on any atom is 0.242 e. The Morgan fingerprint density at radius 3 is 2.59 bits per heavy atom. The summed E-state index contributed by atoms with van der Waals surface area (Å²) in [4.78, 5) is 17.0. The second kappa shape index (κ2) is 9.12. The van der Waals surface area contributed by atoms with Gasteiger partial charge in [0.15, 0.2) is 0 Å². The van der Waals surface area contributed by atoms with Crippen molar-refractivity contribution in [3.8, 4) is 0 Å². The summed E-state index contributed by atoms with van der Waals surface area (Å²) in [7, 11) is 3.85. The van der Waals surface area contributed by atoms with Gasteiger partial charge in [-0.1, -0.05) is 18.2 Å². The van der Waals surface area contributed by atoms with E-state index >= 15 is 0 Å². The van der Waals surface area contributed by atoms with Crippen LogP contribution in [0.25, 0.3) is 0 Å². The molecule has 146 valence electrons. The Morgan fingerprint density at radius 1 is 1.22 bits per heavy atom. The van der Waals surface area contributed by atoms with E-state index in [-0.39, 0.29) is 17.8 Å². The molecule has 1 aromatic heterocycles. The van der Waals surface area contributed by atoms with Gasteiger partial charge in [0.1, 0.15) is 17.6 Å². The van der Waals surface area contributed by atoms with Crippen LogP contribution in [0.1, 0.15) is 23.4 Å². The van der Waals surface area contributed by atoms with Crippen molar-refractivity contribution < 1.29 is 18.3 Å². The van der Waals surface area contributed by atoms with Crippen molar-refractivity contribution in [2.75, 3.05) is 46.9 Å². The molecule has 1 aromatic carbocycles. The van der Waals surface area contributed by atoms with Crippen LogP contribution in [0.2, 0.25) is 0 Å². The molecule has 6 nitrogen and oxygen atoms in total. The molecule has 0 unspecified atom stereocenters. The third-order valence-corrected chi connectivity index (χ3v) is 4.82. The molecule has 2 heterocycles. The summed E-state index contributed by atoms with van der Waals surface area (Å²) < 4.78 is 25.3. The number of morpholine rings is 1. The van der Waals surface area contributed by atoms with E-state index < -0.39 is 6.04 Å². The zero-order chi connectivity index (χ0) is 19.2. The van der Waals surface area contributed by atoms with Gasteiger partial charge in [0.25, 0.3) is 0 Å². The summed E-state index contributed by atoms with van der Waals surface area (Å²) >= 11 is 0. The van der Waals surface area contributed by atoms with Gasteiger partial charge < -0.3 is 14.5 Å². The maximum absolute atomic E-state index is 14.4. The van der Waals surface area contributed by atoms with E-state index in [2.05, 4.69) is 5.32 Å². The molecule has 0 radical (unpaired) electrons. The second-order valence-electron chi connectivity index (χ2n) is 6.81. The number of furan rings is 1. The van der Waals surface area contributed by atoms with Crippen molar-refractivity contribution in [2.24, 2.45) is 0 Å². The molecule has 3 rings (SSSR count). The topological polar surface area (TPSA) is 58.0 Å². The average molecular weight is 375 g/mol. The number of amides is 1. The lowest BCUT2D eigenvalue weighted by Gasteiger charge is -2.34. The molecular formula is C20H26FN3O3. The molecule has 2 aromatic rings. The Labute approximate surface area is 158 Å². The lowest BCUT2D eigenvalue weighted by atomic mass is 10.0. The first kappa shape index (κ1) is 19.5. The minimum Gasteiger partial charge on any atom is -0.468 e. The van der Waals surface area contributed by atoms with Crippen molar-refractivity contribution >= 4 is 5.91 Å². The number of carbonyl (C=O) groups is 1. The van der Waals surface area contributed by atoms with Gasteiger partial charge in [-0.05, 0) is 32.3 Å². The first-order valence-corrected chi connectivity index (χ1v) is 9.11. The molecule has 0 spiro atoms. The highest BCUT2D eigenvalue weighted by molar-refractivity contribution is 5.83. The van der Waals surface area contributed by atoms with Gasteiger partial charge >= 0.3 is 0 Å². The fourth-order valence-corrected chi connectivity index (χ4v) is 3.35. The van der Waals surface area contributed by atoms with Crippen LogP contribution in [0.3, 0.4) is 0 Å². The summed E-state index contributed by atoms with van der Waals surface area (Å²) in [5.74, 6) is 0.175. The number of benzene rings is 1. The van der Waals surface area contributed by atoms with E-state index in [9.17, 15) is 9.18 Å². The van der Waals surface area contributed by atoms with Crippen LogP contribution in [0, 0.1) is 5.82 Å². The largest absolute Gasteiger partial charge is 0.468 e. The van der Waals surface area contributed by atoms with E-state index in [0.29, 0.717) is 38.4 Å². The maximum atomic E-state index is 14.4. The van der Waals surface area contributed by atoms with Crippen LogP contribution >= 0.6 is 0 Å². The average Bonchev–Trinajstić information content (AvgIpc) is 3.19. The van der Waals surface area contributed by atoms with Gasteiger partial charge in [0, 0.05) is 25.2 Å². The van der Waals surface area contributed by atoms with Crippen LogP contribution in [0.15, 0.2) is 47.1 Å². The summed E-state index contributed by atoms with van der Waals surface area (Å²) in [6.07, 6.45) is 1.61. The summed E-state index contributed by atoms with van der Waals surface area (Å²) in [6.45, 7) is 2.61. The van der Waals surface area contributed by atoms with E-state index in [1.165, 1.54) is 6.07 Å². The van der Waals surface area contributed by atoms with Gasteiger partial charge in [-0.2, -0.15) is 0 Å². The number of carbonyl (C=O) groups excluding carboxylic acids is 1. The fourth-order valence-electron chi connectivity index (χ4n) is 3.35. The standard InChI is InChI=1S/C20H26FN3O3/c1-23(2)17(18-8-5-11-27-18)14-22-20(25)19(24-9-12-26-13-10-24)15-6-3-4-7-16(15)21/h3-8,11,17,19H,9-10,12-14H2,1-2H3,(H,22,25)/t17-,19-/m0/s1. The van der Waals surface area contributed by atoms with Crippen molar-refractivity contribution in [3.63, 3.8) is 0 Å². The molecule has 7 heteroatoms. The number of nitrogens with one attached hydrogen (secondary N) is 1. The third kappa shape index (κ3) is 4.74. The van der Waals surface area contributed by atoms with Gasteiger partial charge in [-0.3, -0.25) is 14.6 Å². The quantitative estimate of drug-likeness (QED) is 0.804. The number of hydrogen-bond donors (Lipinski definition) is 1. The summed E-state index contributed by atoms with van der Waals surface area (Å²) in [6, 6.07) is 9.37. The number of hydrogen-bond acceptors (Lipinski definition) is 5. The minimum atomic E-state index is -0.686. The molecule has 2 atom stereocenters. The second-order valence-corrected chi connectivity index (χ2v) is 6.81. The number of ether oxygens (including phenoxy) is 1. The van der Waals surface area contributed by atoms with Crippen molar-refractivity contribution in [1.29, 1.82) is 0 Å². The first-order valence-electron chi connectivity index (χ1n) is 9.11. The molecule has 1 N–H and O–H groups in total. The van der Waals surface area contributed by atoms with E-state index in [0.717, 1.165) is 5.76 Å². The highest BCUT2D eigenvalue weighted by atomic mass is 19.1. The monoisotopic (exact) mass is 375 g/mol. The van der Waals surface area contributed by atoms with Crippen molar-refractivity contribution in [1.82, 2.24) is 15.1 Å². The number of halogens is 1. The SMILES string of the molecule is CN(C)[C@@H](CNC(=O)[C@H](c1ccccc1F)N1CCOCC1)c1ccco1. The molecule has 1 fully saturated rings. The molecule has 1 aliphatic heterocycles. The van der Waals surface area contributed by atoms with Crippen molar-refractivity contribution in [2.45, 2.75) is 12.1 Å². The Morgan fingerprint density at radius 2 is 1.96 bits per heavy atom. The normalized spacial score (nSPS) is 17.6. The fraction of sp³-hybridized carbons (Fsp3) is 0.450. The Bertz CT molecular complexity index is 730. The van der Waals surface area contributed by atoms with Crippen LogP contribution in [0.4, 0.5) is 4.39 Å². The zero-order valence-electron chi connectivity index (χ0n) is 15.7. The molecular weight excluding hydrogens is 349 g/mol.